The van der Waals surface area contributed by atoms with E-state index in [1.807, 2.05) is 6.07 Å². The summed E-state index contributed by atoms with van der Waals surface area (Å²) < 4.78 is 1.03. The molecule has 0 bridgehead atoms. The molecule has 0 spiro atoms. The first kappa shape index (κ1) is 21.2. The molecule has 1 aliphatic rings. The third kappa shape index (κ3) is 4.85. The number of piperidine rings is 1. The van der Waals surface area contributed by atoms with Crippen molar-refractivity contribution in [1.82, 2.24) is 4.98 Å². The van der Waals surface area contributed by atoms with Crippen molar-refractivity contribution < 1.29 is 9.72 Å². The molecular weight excluding hydrogens is 412 g/mol. The van der Waals surface area contributed by atoms with Crippen LogP contribution in [0.4, 0.5) is 16.5 Å². The minimum Gasteiger partial charge on any atom is -0.371 e. The predicted molar refractivity (Wildman–Crippen MR) is 125 cm³/mol. The van der Waals surface area contributed by atoms with E-state index in [1.165, 1.54) is 29.0 Å². The van der Waals surface area contributed by atoms with Crippen LogP contribution < -0.4 is 10.2 Å². The lowest BCUT2D eigenvalue weighted by atomic mass is 10.1. The molecule has 0 unspecified atom stereocenters. The Bertz CT molecular complexity index is 1110. The van der Waals surface area contributed by atoms with Crippen molar-refractivity contribution in [2.45, 2.75) is 45.4 Å². The SMILES string of the molecule is CCCCc1ccc2nc(NC(=O)c3cc([N+](=O)[O-])ccc3N3CCCCC3)sc2c1. The van der Waals surface area contributed by atoms with Crippen LogP contribution in [0.1, 0.15) is 54.9 Å². The standard InChI is InChI=1S/C23H26N4O3S/c1-2-3-7-16-8-10-19-21(14-16)31-23(24-19)25-22(28)18-15-17(27(29)30)9-11-20(18)26-12-5-4-6-13-26/h8-11,14-15H,2-7,12-13H2,1H3,(H,24,25,28). The summed E-state index contributed by atoms with van der Waals surface area (Å²) in [5.74, 6) is -0.366. The summed E-state index contributed by atoms with van der Waals surface area (Å²) in [6, 6.07) is 10.7. The zero-order chi connectivity index (χ0) is 21.8. The van der Waals surface area contributed by atoms with Crippen LogP contribution in [0.2, 0.25) is 0 Å². The molecule has 2 heterocycles. The van der Waals surface area contributed by atoms with Crippen molar-refractivity contribution in [2.24, 2.45) is 0 Å². The molecule has 1 amide bonds. The van der Waals surface area contributed by atoms with Crippen LogP contribution in [0.3, 0.4) is 0 Å². The van der Waals surface area contributed by atoms with E-state index >= 15 is 0 Å². The van der Waals surface area contributed by atoms with Gasteiger partial charge in [-0.2, -0.15) is 0 Å². The summed E-state index contributed by atoms with van der Waals surface area (Å²) in [7, 11) is 0. The number of thiazole rings is 1. The number of aromatic nitrogens is 1. The van der Waals surface area contributed by atoms with E-state index in [0.717, 1.165) is 67.5 Å². The smallest absolute Gasteiger partial charge is 0.270 e. The van der Waals surface area contributed by atoms with Crippen molar-refractivity contribution in [3.8, 4) is 0 Å². The molecule has 1 fully saturated rings. The fourth-order valence-electron chi connectivity index (χ4n) is 3.95. The normalized spacial score (nSPS) is 14.0. The maximum Gasteiger partial charge on any atom is 0.270 e. The number of non-ortho nitro benzene ring substituents is 1. The number of rotatable bonds is 7. The van der Waals surface area contributed by atoms with E-state index in [0.29, 0.717) is 10.7 Å². The van der Waals surface area contributed by atoms with Crippen molar-refractivity contribution in [1.29, 1.82) is 0 Å². The molecular formula is C23H26N4O3S. The van der Waals surface area contributed by atoms with E-state index in [9.17, 15) is 14.9 Å². The summed E-state index contributed by atoms with van der Waals surface area (Å²) in [5, 5.41) is 14.7. The van der Waals surface area contributed by atoms with Gasteiger partial charge in [-0.25, -0.2) is 4.98 Å². The topological polar surface area (TPSA) is 88.4 Å². The summed E-state index contributed by atoms with van der Waals surface area (Å²) in [6.07, 6.45) is 6.58. The highest BCUT2D eigenvalue weighted by Crippen LogP contribution is 2.31. The second kappa shape index (κ2) is 9.43. The van der Waals surface area contributed by atoms with Crippen molar-refractivity contribution in [3.63, 3.8) is 0 Å². The highest BCUT2D eigenvalue weighted by Gasteiger charge is 2.22. The number of nitrogens with zero attached hydrogens (tertiary/aromatic N) is 3. The second-order valence-electron chi connectivity index (χ2n) is 7.89. The lowest BCUT2D eigenvalue weighted by Gasteiger charge is -2.30. The molecule has 7 nitrogen and oxygen atoms in total. The van der Waals surface area contributed by atoms with Gasteiger partial charge in [-0.3, -0.25) is 20.2 Å². The number of anilines is 2. The van der Waals surface area contributed by atoms with Crippen LogP contribution in [0.5, 0.6) is 0 Å². The first-order valence-corrected chi connectivity index (χ1v) is 11.6. The lowest BCUT2D eigenvalue weighted by molar-refractivity contribution is -0.384. The Kier molecular flexibility index (Phi) is 6.46. The van der Waals surface area contributed by atoms with Gasteiger partial charge in [0.05, 0.1) is 26.4 Å². The fraction of sp³-hybridized carbons (Fsp3) is 0.391. The highest BCUT2D eigenvalue weighted by atomic mass is 32.1. The number of carbonyl (C=O) groups excluding carboxylic acids is 1. The van der Waals surface area contributed by atoms with Crippen LogP contribution in [0.25, 0.3) is 10.2 Å². The van der Waals surface area contributed by atoms with Crippen LogP contribution in [0.15, 0.2) is 36.4 Å². The quantitative estimate of drug-likeness (QED) is 0.373. The number of carbonyl (C=O) groups is 1. The average Bonchev–Trinajstić information content (AvgIpc) is 3.19. The number of unbranched alkanes of at least 4 members (excludes halogenated alkanes) is 1. The van der Waals surface area contributed by atoms with Crippen LogP contribution in [-0.2, 0) is 6.42 Å². The molecule has 2 aromatic carbocycles. The first-order chi connectivity index (χ1) is 15.0. The number of aryl methyl sites for hydroxylation is 1. The molecule has 0 saturated carbocycles. The number of nitro groups is 1. The van der Waals surface area contributed by atoms with E-state index in [4.69, 9.17) is 0 Å². The van der Waals surface area contributed by atoms with Crippen molar-refractivity contribution in [3.05, 3.63) is 57.6 Å². The van der Waals surface area contributed by atoms with Crippen LogP contribution in [-0.4, -0.2) is 28.9 Å². The second-order valence-corrected chi connectivity index (χ2v) is 8.92. The Morgan fingerprint density at radius 2 is 2.00 bits per heavy atom. The first-order valence-electron chi connectivity index (χ1n) is 10.8. The van der Waals surface area contributed by atoms with E-state index < -0.39 is 4.92 Å². The Hall–Kier alpha value is -3.00. The third-order valence-electron chi connectivity index (χ3n) is 5.62. The molecule has 3 aromatic rings. The summed E-state index contributed by atoms with van der Waals surface area (Å²) in [4.78, 5) is 30.7. The molecule has 162 valence electrons. The molecule has 0 atom stereocenters. The number of hydrogen-bond acceptors (Lipinski definition) is 6. The zero-order valence-corrected chi connectivity index (χ0v) is 18.4. The number of nitro benzene ring substituents is 1. The van der Waals surface area contributed by atoms with Crippen LogP contribution >= 0.6 is 11.3 Å². The van der Waals surface area contributed by atoms with Gasteiger partial charge in [-0.1, -0.05) is 30.7 Å². The van der Waals surface area contributed by atoms with Gasteiger partial charge in [0, 0.05) is 25.2 Å². The number of benzene rings is 2. The molecule has 1 N–H and O–H groups in total. The maximum absolute atomic E-state index is 13.1. The van der Waals surface area contributed by atoms with Gasteiger partial charge in [0.25, 0.3) is 11.6 Å². The summed E-state index contributed by atoms with van der Waals surface area (Å²) in [5.41, 5.74) is 3.08. The molecule has 1 aliphatic heterocycles. The minimum atomic E-state index is -0.466. The Morgan fingerprint density at radius 3 is 2.74 bits per heavy atom. The number of amides is 1. The van der Waals surface area contributed by atoms with E-state index in [-0.39, 0.29) is 11.6 Å². The summed E-state index contributed by atoms with van der Waals surface area (Å²) >= 11 is 1.43. The van der Waals surface area contributed by atoms with Gasteiger partial charge in [0.2, 0.25) is 0 Å². The highest BCUT2D eigenvalue weighted by molar-refractivity contribution is 7.22. The van der Waals surface area contributed by atoms with Gasteiger partial charge in [-0.05, 0) is 55.9 Å². The van der Waals surface area contributed by atoms with Gasteiger partial charge in [-0.15, -0.1) is 0 Å². The number of hydrogen-bond donors (Lipinski definition) is 1. The Morgan fingerprint density at radius 1 is 1.19 bits per heavy atom. The zero-order valence-electron chi connectivity index (χ0n) is 17.6. The van der Waals surface area contributed by atoms with E-state index in [2.05, 4.69) is 34.3 Å². The summed E-state index contributed by atoms with van der Waals surface area (Å²) in [6.45, 7) is 3.87. The van der Waals surface area contributed by atoms with E-state index in [1.54, 1.807) is 6.07 Å². The molecule has 0 radical (unpaired) electrons. The average molecular weight is 439 g/mol. The monoisotopic (exact) mass is 438 g/mol. The van der Waals surface area contributed by atoms with Crippen molar-refractivity contribution in [2.75, 3.05) is 23.3 Å². The van der Waals surface area contributed by atoms with Crippen LogP contribution in [0, 0.1) is 10.1 Å². The third-order valence-corrected chi connectivity index (χ3v) is 6.56. The molecule has 0 aliphatic carbocycles. The number of nitrogens with one attached hydrogen (secondary N) is 1. The fourth-order valence-corrected chi connectivity index (χ4v) is 4.88. The maximum atomic E-state index is 13.1. The molecule has 4 rings (SSSR count). The molecule has 1 aromatic heterocycles. The van der Waals surface area contributed by atoms with Crippen molar-refractivity contribution >= 4 is 44.0 Å². The Labute approximate surface area is 185 Å². The minimum absolute atomic E-state index is 0.0872. The lowest BCUT2D eigenvalue weighted by Crippen LogP contribution is -2.31. The molecule has 1 saturated heterocycles. The largest absolute Gasteiger partial charge is 0.371 e. The molecule has 8 heteroatoms. The van der Waals surface area contributed by atoms with Gasteiger partial charge >= 0.3 is 0 Å². The Balaban J connectivity index is 1.61. The van der Waals surface area contributed by atoms with Gasteiger partial charge in [0.1, 0.15) is 0 Å². The van der Waals surface area contributed by atoms with Gasteiger partial charge < -0.3 is 4.90 Å². The number of fused-ring (bicyclic) bond motifs is 1. The van der Waals surface area contributed by atoms with Gasteiger partial charge in [0.15, 0.2) is 5.13 Å². The predicted octanol–water partition coefficient (Wildman–Crippen LogP) is 5.79. The molecule has 31 heavy (non-hydrogen) atoms.